The molecule has 1 aliphatic heterocycles. The number of methoxy groups -OCH3 is 1. The molecule has 0 unspecified atom stereocenters. The summed E-state index contributed by atoms with van der Waals surface area (Å²) in [4.78, 5) is 26.1. The smallest absolute Gasteiger partial charge is 0.340 e. The third-order valence-electron chi connectivity index (χ3n) is 3.57. The SMILES string of the molecule is CCN1C(=O)/C(=C\c2cccc(C)c2)C(C(=O)OC)=C1C. The van der Waals surface area contributed by atoms with Gasteiger partial charge >= 0.3 is 5.97 Å². The van der Waals surface area contributed by atoms with E-state index < -0.39 is 5.97 Å². The zero-order chi connectivity index (χ0) is 15.6. The van der Waals surface area contributed by atoms with Crippen molar-refractivity contribution in [3.05, 3.63) is 52.2 Å². The van der Waals surface area contributed by atoms with Gasteiger partial charge in [0.25, 0.3) is 5.91 Å². The second-order valence-electron chi connectivity index (χ2n) is 4.97. The standard InChI is InChI=1S/C17H19NO3/c1-5-18-12(3)15(17(20)21-4)14(16(18)19)10-13-8-6-7-11(2)9-13/h6-10H,5H2,1-4H3/b14-10-. The summed E-state index contributed by atoms with van der Waals surface area (Å²) in [7, 11) is 1.33. The van der Waals surface area contributed by atoms with Crippen LogP contribution in [0.1, 0.15) is 25.0 Å². The Balaban J connectivity index is 2.55. The van der Waals surface area contributed by atoms with Crippen LogP contribution in [0.4, 0.5) is 0 Å². The third kappa shape index (κ3) is 2.75. The maximum absolute atomic E-state index is 12.5. The fraction of sp³-hybridized carbons (Fsp3) is 0.294. The molecule has 1 aliphatic rings. The van der Waals surface area contributed by atoms with E-state index in [9.17, 15) is 9.59 Å². The Morgan fingerprint density at radius 2 is 2.05 bits per heavy atom. The van der Waals surface area contributed by atoms with E-state index in [0.29, 0.717) is 23.4 Å². The van der Waals surface area contributed by atoms with Crippen molar-refractivity contribution in [1.29, 1.82) is 0 Å². The number of nitrogens with zero attached hydrogens (tertiary/aromatic N) is 1. The maximum Gasteiger partial charge on any atom is 0.340 e. The minimum absolute atomic E-state index is 0.156. The summed E-state index contributed by atoms with van der Waals surface area (Å²) in [5, 5.41) is 0. The van der Waals surface area contributed by atoms with E-state index >= 15 is 0 Å². The van der Waals surface area contributed by atoms with E-state index in [1.54, 1.807) is 17.9 Å². The first-order valence-electron chi connectivity index (χ1n) is 6.89. The van der Waals surface area contributed by atoms with Crippen LogP contribution < -0.4 is 0 Å². The number of carbonyl (C=O) groups excluding carboxylic acids is 2. The van der Waals surface area contributed by atoms with Crippen molar-refractivity contribution in [1.82, 2.24) is 4.90 Å². The van der Waals surface area contributed by atoms with Gasteiger partial charge in [0, 0.05) is 12.2 Å². The van der Waals surface area contributed by atoms with Crippen LogP contribution in [0.3, 0.4) is 0 Å². The Labute approximate surface area is 124 Å². The Bertz CT molecular complexity index is 656. The molecule has 1 aromatic carbocycles. The molecule has 4 heteroatoms. The lowest BCUT2D eigenvalue weighted by atomic mass is 10.0. The molecule has 110 valence electrons. The van der Waals surface area contributed by atoms with Crippen LogP contribution in [0.25, 0.3) is 6.08 Å². The summed E-state index contributed by atoms with van der Waals surface area (Å²) in [6.45, 7) is 6.16. The molecule has 0 aliphatic carbocycles. The molecule has 1 heterocycles. The number of carbonyl (C=O) groups is 2. The van der Waals surface area contributed by atoms with Gasteiger partial charge in [-0.05, 0) is 32.4 Å². The van der Waals surface area contributed by atoms with Gasteiger partial charge in [-0.3, -0.25) is 4.79 Å². The quantitative estimate of drug-likeness (QED) is 0.633. The number of hydrogen-bond acceptors (Lipinski definition) is 3. The highest BCUT2D eigenvalue weighted by Crippen LogP contribution is 2.31. The van der Waals surface area contributed by atoms with Crippen LogP contribution >= 0.6 is 0 Å². The van der Waals surface area contributed by atoms with Crippen LogP contribution in [0, 0.1) is 6.92 Å². The predicted molar refractivity (Wildman–Crippen MR) is 81.3 cm³/mol. The zero-order valence-corrected chi connectivity index (χ0v) is 12.8. The summed E-state index contributed by atoms with van der Waals surface area (Å²) in [6, 6.07) is 7.79. The molecule has 0 spiro atoms. The first-order chi connectivity index (χ1) is 9.99. The largest absolute Gasteiger partial charge is 0.465 e. The van der Waals surface area contributed by atoms with E-state index in [2.05, 4.69) is 0 Å². The van der Waals surface area contributed by atoms with Crippen LogP contribution in [0.2, 0.25) is 0 Å². The molecule has 0 saturated carbocycles. The van der Waals surface area contributed by atoms with Crippen molar-refractivity contribution in [3.8, 4) is 0 Å². The highest BCUT2D eigenvalue weighted by Gasteiger charge is 2.35. The second-order valence-corrected chi connectivity index (χ2v) is 4.97. The van der Waals surface area contributed by atoms with E-state index in [4.69, 9.17) is 4.74 Å². The summed E-state index contributed by atoms with van der Waals surface area (Å²) < 4.78 is 4.82. The lowest BCUT2D eigenvalue weighted by Gasteiger charge is -2.14. The van der Waals surface area contributed by atoms with Gasteiger partial charge in [-0.2, -0.15) is 0 Å². The number of benzene rings is 1. The second kappa shape index (κ2) is 5.95. The highest BCUT2D eigenvalue weighted by molar-refractivity contribution is 6.16. The molecule has 0 bridgehead atoms. The van der Waals surface area contributed by atoms with Gasteiger partial charge in [0.15, 0.2) is 0 Å². The summed E-state index contributed by atoms with van der Waals surface area (Å²) in [6.07, 6.45) is 1.75. The number of esters is 1. The molecule has 1 amide bonds. The number of amides is 1. The zero-order valence-electron chi connectivity index (χ0n) is 12.8. The Morgan fingerprint density at radius 3 is 2.62 bits per heavy atom. The van der Waals surface area contributed by atoms with Crippen molar-refractivity contribution in [2.45, 2.75) is 20.8 Å². The molecule has 0 radical (unpaired) electrons. The number of hydrogen-bond donors (Lipinski definition) is 0. The highest BCUT2D eigenvalue weighted by atomic mass is 16.5. The number of rotatable bonds is 3. The average Bonchev–Trinajstić information content (AvgIpc) is 2.69. The predicted octanol–water partition coefficient (Wildman–Crippen LogP) is 2.69. The van der Waals surface area contributed by atoms with Gasteiger partial charge in [-0.25, -0.2) is 4.79 Å². The lowest BCUT2D eigenvalue weighted by Crippen LogP contribution is -2.24. The third-order valence-corrected chi connectivity index (χ3v) is 3.57. The van der Waals surface area contributed by atoms with E-state index in [0.717, 1.165) is 11.1 Å². The van der Waals surface area contributed by atoms with E-state index in [1.807, 2.05) is 38.1 Å². The Kier molecular flexibility index (Phi) is 4.26. The molecule has 21 heavy (non-hydrogen) atoms. The van der Waals surface area contributed by atoms with E-state index in [-0.39, 0.29) is 5.91 Å². The van der Waals surface area contributed by atoms with Gasteiger partial charge < -0.3 is 9.64 Å². The van der Waals surface area contributed by atoms with Crippen molar-refractivity contribution >= 4 is 18.0 Å². The molecule has 0 fully saturated rings. The molecule has 1 aromatic rings. The topological polar surface area (TPSA) is 46.6 Å². The maximum atomic E-state index is 12.5. The minimum atomic E-state index is -0.476. The normalized spacial score (nSPS) is 16.9. The van der Waals surface area contributed by atoms with Crippen LogP contribution in [-0.2, 0) is 14.3 Å². The van der Waals surface area contributed by atoms with Crippen LogP contribution in [0.15, 0.2) is 41.1 Å². The van der Waals surface area contributed by atoms with Gasteiger partial charge in [-0.1, -0.05) is 29.8 Å². The monoisotopic (exact) mass is 285 g/mol. The van der Waals surface area contributed by atoms with Gasteiger partial charge in [0.1, 0.15) is 0 Å². The molecule has 0 N–H and O–H groups in total. The molecule has 0 saturated heterocycles. The molecular weight excluding hydrogens is 266 g/mol. The average molecular weight is 285 g/mol. The van der Waals surface area contributed by atoms with E-state index in [1.165, 1.54) is 7.11 Å². The number of likely N-dealkylation sites (N-methyl/N-ethyl adjacent to an activating group) is 1. The van der Waals surface area contributed by atoms with Crippen molar-refractivity contribution in [3.63, 3.8) is 0 Å². The molecule has 4 nitrogen and oxygen atoms in total. The minimum Gasteiger partial charge on any atom is -0.465 e. The number of ether oxygens (including phenoxy) is 1. The van der Waals surface area contributed by atoms with Crippen molar-refractivity contribution in [2.75, 3.05) is 13.7 Å². The first kappa shape index (κ1) is 15.0. The molecule has 2 rings (SSSR count). The summed E-state index contributed by atoms with van der Waals surface area (Å²) in [5.74, 6) is -0.632. The number of allylic oxidation sites excluding steroid dienone is 1. The summed E-state index contributed by atoms with van der Waals surface area (Å²) >= 11 is 0. The van der Waals surface area contributed by atoms with Crippen molar-refractivity contribution < 1.29 is 14.3 Å². The van der Waals surface area contributed by atoms with Crippen LogP contribution in [0.5, 0.6) is 0 Å². The molecular formula is C17H19NO3. The molecule has 0 aromatic heterocycles. The van der Waals surface area contributed by atoms with Crippen molar-refractivity contribution in [2.24, 2.45) is 0 Å². The Hall–Kier alpha value is -2.36. The molecule has 0 atom stereocenters. The first-order valence-corrected chi connectivity index (χ1v) is 6.89. The lowest BCUT2D eigenvalue weighted by molar-refractivity contribution is -0.136. The van der Waals surface area contributed by atoms with Gasteiger partial charge in [-0.15, -0.1) is 0 Å². The van der Waals surface area contributed by atoms with Crippen LogP contribution in [-0.4, -0.2) is 30.4 Å². The Morgan fingerprint density at radius 1 is 1.33 bits per heavy atom. The summed E-state index contributed by atoms with van der Waals surface area (Å²) in [5.41, 5.74) is 3.39. The van der Waals surface area contributed by atoms with Gasteiger partial charge in [0.05, 0.1) is 18.3 Å². The fourth-order valence-electron chi connectivity index (χ4n) is 2.54. The fourth-order valence-corrected chi connectivity index (χ4v) is 2.54. The number of aryl methyl sites for hydroxylation is 1. The van der Waals surface area contributed by atoms with Gasteiger partial charge in [0.2, 0.25) is 0 Å².